The largest absolute Gasteiger partial charge is 0.472 e. The van der Waals surface area contributed by atoms with E-state index in [1.807, 2.05) is 21.1 Å². The normalized spacial score (nSPS) is 17.2. The van der Waals surface area contributed by atoms with Crippen LogP contribution in [0.15, 0.2) is 40.9 Å². The van der Waals surface area contributed by atoms with E-state index in [-0.39, 0.29) is 38.3 Å². The molecule has 11 nitrogen and oxygen atoms in total. The lowest BCUT2D eigenvalue weighted by Crippen LogP contribution is -2.37. The summed E-state index contributed by atoms with van der Waals surface area (Å²) in [5.74, 6) is 1.40. The number of phosphoric ester groups is 1. The van der Waals surface area contributed by atoms with Crippen LogP contribution in [0, 0.1) is 13.8 Å². The number of hydrogen-bond donors (Lipinski definition) is 1. The van der Waals surface area contributed by atoms with E-state index >= 15 is 0 Å². The zero-order valence-corrected chi connectivity index (χ0v) is 39.5. The van der Waals surface area contributed by atoms with Gasteiger partial charge < -0.3 is 28.0 Å². The molecule has 0 aliphatic carbocycles. The highest BCUT2D eigenvalue weighted by Gasteiger charge is 2.37. The number of epoxide rings is 1. The first-order chi connectivity index (χ1) is 28.7. The molecule has 2 rings (SSSR count). The third-order valence-electron chi connectivity index (χ3n) is 10.8. The van der Waals surface area contributed by atoms with Crippen LogP contribution >= 0.6 is 7.82 Å². The van der Waals surface area contributed by atoms with Gasteiger partial charge in [-0.15, -0.1) is 0 Å². The quantitative estimate of drug-likeness (QED) is 0.0172. The van der Waals surface area contributed by atoms with Crippen LogP contribution in [0.3, 0.4) is 0 Å². The number of carbonyl (C=O) groups is 2. The van der Waals surface area contributed by atoms with Crippen molar-refractivity contribution in [2.45, 2.75) is 187 Å². The van der Waals surface area contributed by atoms with Crippen LogP contribution in [0.5, 0.6) is 0 Å². The van der Waals surface area contributed by atoms with Crippen LogP contribution in [-0.2, 0) is 50.3 Å². The van der Waals surface area contributed by atoms with E-state index in [2.05, 4.69) is 64.2 Å². The van der Waals surface area contributed by atoms with Gasteiger partial charge in [0.05, 0.1) is 40.0 Å². The standard InChI is InChI=1S/C48H82NO10P/c1-8-10-11-12-13-14-15-16-17-21-24-27-32-45-46(59-45)33-29-35-48(51)57-42(39-56-60(52,53)55-37-36-49(5,6)7)38-54-47(50)34-28-25-22-19-18-20-23-26-31-44-41(4)40(3)43(58-44)30-9-2/h13-14,16-17,24,27,42,45-46H,8-12,15,18-23,25-26,28-39H2,1-7H3/p+1/b14-13-,17-16-,27-24-/t42-,45?,46?/m1/s1. The highest BCUT2D eigenvalue weighted by atomic mass is 31.2. The smallest absolute Gasteiger partial charge is 0.466 e. The van der Waals surface area contributed by atoms with Crippen LogP contribution in [0.25, 0.3) is 0 Å². The summed E-state index contributed by atoms with van der Waals surface area (Å²) >= 11 is 0. The molecule has 3 unspecified atom stereocenters. The molecule has 1 N–H and O–H groups in total. The molecule has 1 aliphatic heterocycles. The highest BCUT2D eigenvalue weighted by Crippen LogP contribution is 2.43. The number of phosphoric acid groups is 1. The van der Waals surface area contributed by atoms with Crippen molar-refractivity contribution in [2.75, 3.05) is 47.5 Å². The Hall–Kier alpha value is -2.53. The Morgan fingerprint density at radius 1 is 0.717 bits per heavy atom. The molecule has 0 amide bonds. The summed E-state index contributed by atoms with van der Waals surface area (Å²) in [6, 6.07) is 0. The first kappa shape index (κ1) is 53.6. The van der Waals surface area contributed by atoms with Crippen molar-refractivity contribution in [3.8, 4) is 0 Å². The van der Waals surface area contributed by atoms with Gasteiger partial charge in [0.2, 0.25) is 0 Å². The van der Waals surface area contributed by atoms with Crippen LogP contribution < -0.4 is 0 Å². The SMILES string of the molecule is CCCCC/C=C\C/C=C\C/C=C\CC1OC1CCCC(=O)O[C@H](COC(=O)CCCCCCCCCCc1oc(CCC)c(C)c1C)COP(=O)(O)OCC[N+](C)(C)C. The first-order valence-electron chi connectivity index (χ1n) is 23.2. The summed E-state index contributed by atoms with van der Waals surface area (Å²) in [4.78, 5) is 35.6. The monoisotopic (exact) mass is 865 g/mol. The predicted octanol–water partition coefficient (Wildman–Crippen LogP) is 11.6. The highest BCUT2D eigenvalue weighted by molar-refractivity contribution is 7.47. The topological polar surface area (TPSA) is 134 Å². The van der Waals surface area contributed by atoms with Gasteiger partial charge in [0.15, 0.2) is 6.10 Å². The van der Waals surface area contributed by atoms with E-state index in [0.29, 0.717) is 23.9 Å². The number of esters is 2. The van der Waals surface area contributed by atoms with Gasteiger partial charge in [0.25, 0.3) is 0 Å². The Bertz CT molecular complexity index is 1460. The van der Waals surface area contributed by atoms with Crippen LogP contribution in [0.4, 0.5) is 0 Å². The number of nitrogens with zero attached hydrogens (tertiary/aromatic N) is 1. The molecule has 1 aliphatic rings. The molecule has 344 valence electrons. The number of rotatable bonds is 37. The number of carbonyl (C=O) groups excluding carboxylic acids is 2. The first-order valence-corrected chi connectivity index (χ1v) is 24.7. The Morgan fingerprint density at radius 3 is 2.00 bits per heavy atom. The molecule has 0 bridgehead atoms. The summed E-state index contributed by atoms with van der Waals surface area (Å²) in [5.41, 5.74) is 2.63. The van der Waals surface area contributed by atoms with Gasteiger partial charge in [-0.3, -0.25) is 18.6 Å². The number of hydrogen-bond acceptors (Lipinski definition) is 9. The van der Waals surface area contributed by atoms with Crippen LogP contribution in [-0.4, -0.2) is 87.1 Å². The molecule has 0 aromatic carbocycles. The number of likely N-dealkylation sites (N-methyl/N-ethyl adjacent to an activating group) is 1. The Morgan fingerprint density at radius 2 is 1.33 bits per heavy atom. The molecule has 0 spiro atoms. The summed E-state index contributed by atoms with van der Waals surface area (Å²) in [6.45, 7) is 8.53. The van der Waals surface area contributed by atoms with Crippen molar-refractivity contribution in [3.05, 3.63) is 59.1 Å². The minimum absolute atomic E-state index is 0.00997. The minimum Gasteiger partial charge on any atom is -0.466 e. The fourth-order valence-corrected chi connectivity index (χ4v) is 7.54. The minimum atomic E-state index is -4.41. The Balaban J connectivity index is 1.65. The summed E-state index contributed by atoms with van der Waals surface area (Å²) in [7, 11) is 1.40. The lowest BCUT2D eigenvalue weighted by molar-refractivity contribution is -0.870. The van der Waals surface area contributed by atoms with Gasteiger partial charge in [-0.2, -0.15) is 0 Å². The zero-order chi connectivity index (χ0) is 44.1. The maximum Gasteiger partial charge on any atom is 0.472 e. The number of quaternary nitrogens is 1. The van der Waals surface area contributed by atoms with Gasteiger partial charge in [-0.05, 0) is 89.2 Å². The predicted molar refractivity (Wildman–Crippen MR) is 241 cm³/mol. The van der Waals surface area contributed by atoms with Gasteiger partial charge in [-0.25, -0.2) is 4.57 Å². The van der Waals surface area contributed by atoms with Crippen molar-refractivity contribution in [1.82, 2.24) is 0 Å². The summed E-state index contributed by atoms with van der Waals surface area (Å²) in [5, 5.41) is 0. The Labute approximate surface area is 363 Å². The maximum atomic E-state index is 12.8. The third-order valence-corrected chi connectivity index (χ3v) is 11.8. The second kappa shape index (κ2) is 31.3. The van der Waals surface area contributed by atoms with Crippen molar-refractivity contribution >= 4 is 19.8 Å². The van der Waals surface area contributed by atoms with Crippen LogP contribution in [0.2, 0.25) is 0 Å². The lowest BCUT2D eigenvalue weighted by atomic mass is 10.0. The molecular formula is C48H83NO10P+. The van der Waals surface area contributed by atoms with Gasteiger partial charge in [-0.1, -0.05) is 102 Å². The van der Waals surface area contributed by atoms with Crippen molar-refractivity contribution < 1.29 is 51.2 Å². The van der Waals surface area contributed by atoms with Crippen LogP contribution in [0.1, 0.15) is 165 Å². The fraction of sp³-hybridized carbons (Fsp3) is 0.750. The van der Waals surface area contributed by atoms with E-state index in [1.54, 1.807) is 0 Å². The second-order valence-electron chi connectivity index (χ2n) is 17.4. The number of furan rings is 1. The molecular weight excluding hydrogens is 781 g/mol. The van der Waals surface area contributed by atoms with E-state index in [9.17, 15) is 19.0 Å². The second-order valence-corrected chi connectivity index (χ2v) is 18.9. The van der Waals surface area contributed by atoms with Crippen molar-refractivity contribution in [1.29, 1.82) is 0 Å². The molecule has 1 fully saturated rings. The molecule has 0 radical (unpaired) electrons. The molecule has 60 heavy (non-hydrogen) atoms. The van der Waals surface area contributed by atoms with E-state index in [4.69, 9.17) is 27.7 Å². The average Bonchev–Trinajstić information content (AvgIpc) is 3.89. The number of aryl methyl sites for hydroxylation is 2. The maximum absolute atomic E-state index is 12.8. The lowest BCUT2D eigenvalue weighted by Gasteiger charge is -2.24. The Kier molecular flexibility index (Phi) is 28.0. The van der Waals surface area contributed by atoms with E-state index in [1.165, 1.54) is 49.7 Å². The average molecular weight is 865 g/mol. The molecule has 1 aromatic heterocycles. The van der Waals surface area contributed by atoms with E-state index < -0.39 is 32.5 Å². The van der Waals surface area contributed by atoms with Gasteiger partial charge in [0, 0.05) is 25.7 Å². The number of ether oxygens (including phenoxy) is 3. The van der Waals surface area contributed by atoms with E-state index in [0.717, 1.165) is 88.6 Å². The van der Waals surface area contributed by atoms with Gasteiger partial charge in [0.1, 0.15) is 31.3 Å². The number of unbranched alkanes of at least 4 members (excludes halogenated alkanes) is 10. The van der Waals surface area contributed by atoms with Crippen molar-refractivity contribution in [2.24, 2.45) is 0 Å². The molecule has 1 aromatic rings. The van der Waals surface area contributed by atoms with Crippen molar-refractivity contribution in [3.63, 3.8) is 0 Å². The fourth-order valence-electron chi connectivity index (χ4n) is 6.79. The molecule has 0 saturated carbocycles. The molecule has 4 atom stereocenters. The molecule has 1 saturated heterocycles. The van der Waals surface area contributed by atoms with Gasteiger partial charge >= 0.3 is 19.8 Å². The summed E-state index contributed by atoms with van der Waals surface area (Å²) in [6.07, 6.45) is 33.4. The zero-order valence-electron chi connectivity index (χ0n) is 38.6. The molecule has 2 heterocycles. The summed E-state index contributed by atoms with van der Waals surface area (Å²) < 4.78 is 46.3. The number of allylic oxidation sites excluding steroid dienone is 5. The molecule has 12 heteroatoms. The third kappa shape index (κ3) is 26.7.